The summed E-state index contributed by atoms with van der Waals surface area (Å²) in [6, 6.07) is 16.8. The highest BCUT2D eigenvalue weighted by molar-refractivity contribution is 9.10. The van der Waals surface area contributed by atoms with Crippen molar-refractivity contribution in [3.05, 3.63) is 64.6 Å². The number of thiocarbonyl (C=S) groups is 1. The zero-order chi connectivity index (χ0) is 15.2. The summed E-state index contributed by atoms with van der Waals surface area (Å²) >= 11 is 8.29. The highest BCUT2D eigenvalue weighted by Gasteiger charge is 2.17. The molecule has 3 nitrogen and oxygen atoms in total. The van der Waals surface area contributed by atoms with E-state index in [0.717, 1.165) is 10.2 Å². The Morgan fingerprint density at radius 1 is 1.10 bits per heavy atom. The monoisotopic (exact) mass is 362 g/mol. The molecule has 0 spiro atoms. The number of halogens is 1. The predicted molar refractivity (Wildman–Crippen MR) is 93.7 cm³/mol. The third-order valence-electron chi connectivity index (χ3n) is 2.99. The van der Waals surface area contributed by atoms with Gasteiger partial charge in [-0.2, -0.15) is 0 Å². The van der Waals surface area contributed by atoms with Crippen molar-refractivity contribution in [1.82, 2.24) is 0 Å². The van der Waals surface area contributed by atoms with E-state index in [-0.39, 0.29) is 5.91 Å². The largest absolute Gasteiger partial charge is 0.393 e. The SMILES string of the molecule is NC(=S)CCN(C(=O)c1ccc(Br)cc1)c1ccccc1. The second kappa shape index (κ2) is 7.33. The minimum absolute atomic E-state index is 0.0649. The Bertz CT molecular complexity index is 628. The van der Waals surface area contributed by atoms with Crippen LogP contribution in [0.5, 0.6) is 0 Å². The van der Waals surface area contributed by atoms with Crippen molar-refractivity contribution in [3.63, 3.8) is 0 Å². The number of para-hydroxylation sites is 1. The Morgan fingerprint density at radius 2 is 1.71 bits per heavy atom. The molecule has 5 heteroatoms. The first-order chi connectivity index (χ1) is 10.1. The van der Waals surface area contributed by atoms with Gasteiger partial charge in [0.05, 0.1) is 4.99 Å². The van der Waals surface area contributed by atoms with Gasteiger partial charge in [0.1, 0.15) is 0 Å². The Morgan fingerprint density at radius 3 is 2.29 bits per heavy atom. The molecule has 0 saturated carbocycles. The lowest BCUT2D eigenvalue weighted by Crippen LogP contribution is -2.33. The first kappa shape index (κ1) is 15.7. The first-order valence-electron chi connectivity index (χ1n) is 6.48. The first-order valence-corrected chi connectivity index (χ1v) is 7.69. The Hall–Kier alpha value is -1.72. The Kier molecular flexibility index (Phi) is 5.47. The van der Waals surface area contributed by atoms with Gasteiger partial charge >= 0.3 is 0 Å². The van der Waals surface area contributed by atoms with Crippen molar-refractivity contribution in [2.24, 2.45) is 5.73 Å². The molecule has 0 radical (unpaired) electrons. The van der Waals surface area contributed by atoms with Crippen LogP contribution in [0.1, 0.15) is 16.8 Å². The van der Waals surface area contributed by atoms with Gasteiger partial charge in [-0.05, 0) is 36.4 Å². The fraction of sp³-hybridized carbons (Fsp3) is 0.125. The number of hydrogen-bond donors (Lipinski definition) is 1. The van der Waals surface area contributed by atoms with Crippen LogP contribution in [-0.4, -0.2) is 17.4 Å². The zero-order valence-electron chi connectivity index (χ0n) is 11.3. The maximum absolute atomic E-state index is 12.7. The molecule has 1 amide bonds. The molecule has 2 N–H and O–H groups in total. The second-order valence-corrected chi connectivity index (χ2v) is 5.96. The molecule has 0 fully saturated rings. The van der Waals surface area contributed by atoms with Crippen molar-refractivity contribution in [3.8, 4) is 0 Å². The van der Waals surface area contributed by atoms with Crippen LogP contribution in [0.4, 0.5) is 5.69 Å². The molecule has 0 saturated heterocycles. The smallest absolute Gasteiger partial charge is 0.258 e. The number of anilines is 1. The average molecular weight is 363 g/mol. The lowest BCUT2D eigenvalue weighted by atomic mass is 10.1. The standard InChI is InChI=1S/C16H15BrN2OS/c17-13-8-6-12(7-9-13)16(20)19(11-10-15(18)21)14-4-2-1-3-5-14/h1-9H,10-11H2,(H2,18,21). The molecule has 0 aliphatic heterocycles. The predicted octanol–water partition coefficient (Wildman–Crippen LogP) is 3.77. The topological polar surface area (TPSA) is 46.3 Å². The number of benzene rings is 2. The van der Waals surface area contributed by atoms with Gasteiger partial charge in [-0.3, -0.25) is 4.79 Å². The van der Waals surface area contributed by atoms with Crippen LogP contribution >= 0.6 is 28.1 Å². The quantitative estimate of drug-likeness (QED) is 0.823. The summed E-state index contributed by atoms with van der Waals surface area (Å²) in [5, 5.41) is 0. The molecule has 0 heterocycles. The third-order valence-corrected chi connectivity index (χ3v) is 3.72. The molecule has 108 valence electrons. The van der Waals surface area contributed by atoms with Crippen molar-refractivity contribution in [2.45, 2.75) is 6.42 Å². The molecule has 0 bridgehead atoms. The van der Waals surface area contributed by atoms with Crippen LogP contribution in [0.2, 0.25) is 0 Å². The van der Waals surface area contributed by atoms with E-state index >= 15 is 0 Å². The van der Waals surface area contributed by atoms with E-state index in [1.807, 2.05) is 42.5 Å². The van der Waals surface area contributed by atoms with E-state index in [1.54, 1.807) is 17.0 Å². The van der Waals surface area contributed by atoms with Crippen molar-refractivity contribution >= 4 is 44.7 Å². The molecule has 0 atom stereocenters. The third kappa shape index (κ3) is 4.37. The van der Waals surface area contributed by atoms with Gasteiger partial charge < -0.3 is 10.6 Å². The van der Waals surface area contributed by atoms with Crippen molar-refractivity contribution < 1.29 is 4.79 Å². The molecule has 0 aromatic heterocycles. The maximum atomic E-state index is 12.7. The van der Waals surface area contributed by atoms with E-state index in [4.69, 9.17) is 18.0 Å². The van der Waals surface area contributed by atoms with Crippen LogP contribution < -0.4 is 10.6 Å². The number of hydrogen-bond acceptors (Lipinski definition) is 2. The number of rotatable bonds is 5. The maximum Gasteiger partial charge on any atom is 0.258 e. The Balaban J connectivity index is 2.28. The molecule has 2 aromatic carbocycles. The van der Waals surface area contributed by atoms with Crippen LogP contribution in [0, 0.1) is 0 Å². The summed E-state index contributed by atoms with van der Waals surface area (Å²) in [6.07, 6.45) is 0.493. The zero-order valence-corrected chi connectivity index (χ0v) is 13.7. The van der Waals surface area contributed by atoms with E-state index in [1.165, 1.54) is 0 Å². The summed E-state index contributed by atoms with van der Waals surface area (Å²) in [6.45, 7) is 0.467. The molecule has 0 unspecified atom stereocenters. The fourth-order valence-electron chi connectivity index (χ4n) is 1.93. The number of nitrogens with two attached hydrogens (primary N) is 1. The van der Waals surface area contributed by atoms with Crippen LogP contribution in [0.25, 0.3) is 0 Å². The van der Waals surface area contributed by atoms with Gasteiger partial charge in [0, 0.05) is 28.7 Å². The lowest BCUT2D eigenvalue weighted by Gasteiger charge is -2.22. The molecule has 21 heavy (non-hydrogen) atoms. The second-order valence-electron chi connectivity index (χ2n) is 4.52. The van der Waals surface area contributed by atoms with Gasteiger partial charge in [0.15, 0.2) is 0 Å². The summed E-state index contributed by atoms with van der Waals surface area (Å²) < 4.78 is 0.938. The molecule has 2 rings (SSSR count). The Labute approximate surface area is 137 Å². The lowest BCUT2D eigenvalue weighted by molar-refractivity contribution is 0.0987. The number of amides is 1. The minimum Gasteiger partial charge on any atom is -0.393 e. The van der Waals surface area contributed by atoms with E-state index in [9.17, 15) is 4.79 Å². The number of carbonyl (C=O) groups excluding carboxylic acids is 1. The molecule has 0 aliphatic rings. The normalized spacial score (nSPS) is 10.1. The highest BCUT2D eigenvalue weighted by Crippen LogP contribution is 2.19. The molecular formula is C16H15BrN2OS. The summed E-state index contributed by atoms with van der Waals surface area (Å²) in [7, 11) is 0. The van der Waals surface area contributed by atoms with E-state index in [0.29, 0.717) is 23.5 Å². The van der Waals surface area contributed by atoms with Gasteiger partial charge in [-0.25, -0.2) is 0 Å². The van der Waals surface area contributed by atoms with Crippen molar-refractivity contribution in [2.75, 3.05) is 11.4 Å². The van der Waals surface area contributed by atoms with Gasteiger partial charge in [-0.15, -0.1) is 0 Å². The van der Waals surface area contributed by atoms with Gasteiger partial charge in [0.2, 0.25) is 0 Å². The fourth-order valence-corrected chi connectivity index (χ4v) is 2.28. The van der Waals surface area contributed by atoms with E-state index in [2.05, 4.69) is 15.9 Å². The number of carbonyl (C=O) groups is 1. The van der Waals surface area contributed by atoms with Crippen molar-refractivity contribution in [1.29, 1.82) is 0 Å². The van der Waals surface area contributed by atoms with Crippen LogP contribution in [0.3, 0.4) is 0 Å². The van der Waals surface area contributed by atoms with E-state index < -0.39 is 0 Å². The molecular weight excluding hydrogens is 348 g/mol. The van der Waals surface area contributed by atoms with Crippen LogP contribution in [0.15, 0.2) is 59.1 Å². The highest BCUT2D eigenvalue weighted by atomic mass is 79.9. The van der Waals surface area contributed by atoms with Gasteiger partial charge in [-0.1, -0.05) is 46.3 Å². The summed E-state index contributed by atoms with van der Waals surface area (Å²) in [5.41, 5.74) is 7.03. The minimum atomic E-state index is -0.0649. The summed E-state index contributed by atoms with van der Waals surface area (Å²) in [4.78, 5) is 14.8. The number of nitrogens with zero attached hydrogens (tertiary/aromatic N) is 1. The molecule has 0 aliphatic carbocycles. The molecule has 2 aromatic rings. The average Bonchev–Trinajstić information content (AvgIpc) is 2.49. The van der Waals surface area contributed by atoms with Crippen LogP contribution in [-0.2, 0) is 0 Å². The van der Waals surface area contributed by atoms with Gasteiger partial charge in [0.25, 0.3) is 5.91 Å². The summed E-state index contributed by atoms with van der Waals surface area (Å²) in [5.74, 6) is -0.0649.